The Bertz CT molecular complexity index is 1570. The first kappa shape index (κ1) is 28.7. The van der Waals surface area contributed by atoms with E-state index in [0.717, 1.165) is 47.6 Å². The van der Waals surface area contributed by atoms with Gasteiger partial charge in [-0.25, -0.2) is 13.8 Å². The number of carboxylic acid groups (broad SMARTS) is 1. The molecule has 41 heavy (non-hydrogen) atoms. The van der Waals surface area contributed by atoms with Crippen LogP contribution < -0.4 is 5.32 Å². The number of oxazole rings is 1. The predicted molar refractivity (Wildman–Crippen MR) is 152 cm³/mol. The SMILES string of the molecule is CCCC[C@H]1CC[C@@H](c2ncc(CCC(=O)O)s2)N1C(=O)Cc1ccc2nc(Nc3cc(F)ccc3C)oc2c1F. The van der Waals surface area contributed by atoms with Crippen LogP contribution in [0.3, 0.4) is 0 Å². The highest BCUT2D eigenvalue weighted by atomic mass is 32.1. The molecule has 216 valence electrons. The number of nitrogens with one attached hydrogen (secondary N) is 1. The summed E-state index contributed by atoms with van der Waals surface area (Å²) >= 11 is 1.44. The van der Waals surface area contributed by atoms with E-state index in [0.29, 0.717) is 12.1 Å². The van der Waals surface area contributed by atoms with Gasteiger partial charge in [-0.15, -0.1) is 11.3 Å². The molecule has 2 aromatic heterocycles. The zero-order valence-electron chi connectivity index (χ0n) is 23.0. The summed E-state index contributed by atoms with van der Waals surface area (Å²) in [5.41, 5.74) is 1.64. The van der Waals surface area contributed by atoms with E-state index in [2.05, 4.69) is 22.2 Å². The van der Waals surface area contributed by atoms with Crippen molar-refractivity contribution in [1.82, 2.24) is 14.9 Å². The number of rotatable bonds is 11. The fourth-order valence-electron chi connectivity index (χ4n) is 5.34. The molecular weight excluding hydrogens is 550 g/mol. The molecule has 0 unspecified atom stereocenters. The quantitative estimate of drug-likeness (QED) is 0.194. The van der Waals surface area contributed by atoms with Crippen molar-refractivity contribution in [3.8, 4) is 0 Å². The molecule has 0 saturated carbocycles. The lowest BCUT2D eigenvalue weighted by Crippen LogP contribution is -2.38. The van der Waals surface area contributed by atoms with Crippen LogP contribution in [0.2, 0.25) is 0 Å². The van der Waals surface area contributed by atoms with E-state index in [1.54, 1.807) is 31.3 Å². The molecule has 11 heteroatoms. The zero-order chi connectivity index (χ0) is 29.1. The van der Waals surface area contributed by atoms with Gasteiger partial charge in [0, 0.05) is 28.4 Å². The number of likely N-dealkylation sites (tertiary alicyclic amines) is 1. The fraction of sp³-hybridized carbons (Fsp3) is 0.400. The number of nitrogens with zero attached hydrogens (tertiary/aromatic N) is 3. The number of anilines is 2. The van der Waals surface area contributed by atoms with Gasteiger partial charge in [-0.05, 0) is 56.4 Å². The van der Waals surface area contributed by atoms with Gasteiger partial charge >= 0.3 is 5.97 Å². The Morgan fingerprint density at radius 1 is 1.22 bits per heavy atom. The fourth-order valence-corrected chi connectivity index (χ4v) is 6.39. The highest BCUT2D eigenvalue weighted by Crippen LogP contribution is 2.40. The lowest BCUT2D eigenvalue weighted by molar-refractivity contribution is -0.137. The molecule has 2 aromatic carbocycles. The minimum absolute atomic E-state index is 0.0243. The standard InChI is InChI=1S/C30H32F2N4O4S/c1-3-4-5-20-9-12-24(29-33-16-21(41-29)10-13-26(38)39)36(20)25(37)14-18-7-11-22-28(27(18)32)40-30(34-22)35-23-15-19(31)8-6-17(23)2/h6-8,11,15-16,20,24H,3-5,9-10,12-14H2,1-2H3,(H,34,35)(H,38,39)/t20-,24-/m0/s1. The molecule has 5 rings (SSSR count). The van der Waals surface area contributed by atoms with Crippen LogP contribution >= 0.6 is 11.3 Å². The van der Waals surface area contributed by atoms with Crippen molar-refractivity contribution in [1.29, 1.82) is 0 Å². The number of aliphatic carboxylic acids is 1. The van der Waals surface area contributed by atoms with E-state index >= 15 is 4.39 Å². The normalized spacial score (nSPS) is 16.9. The number of unbranched alkanes of at least 4 members (excludes halogenated alkanes) is 1. The maximum atomic E-state index is 15.6. The maximum absolute atomic E-state index is 15.6. The van der Waals surface area contributed by atoms with Crippen molar-refractivity contribution in [3.63, 3.8) is 0 Å². The van der Waals surface area contributed by atoms with Gasteiger partial charge in [0.25, 0.3) is 6.01 Å². The molecule has 1 aliphatic rings. The number of carboxylic acids is 1. The van der Waals surface area contributed by atoms with Crippen molar-refractivity contribution in [2.24, 2.45) is 0 Å². The summed E-state index contributed by atoms with van der Waals surface area (Å²) in [6.07, 6.45) is 6.38. The molecule has 1 saturated heterocycles. The summed E-state index contributed by atoms with van der Waals surface area (Å²) in [6.45, 7) is 3.91. The number of carbonyl (C=O) groups excluding carboxylic acids is 1. The first-order valence-corrected chi connectivity index (χ1v) is 14.6. The Labute approximate surface area is 240 Å². The number of hydrogen-bond acceptors (Lipinski definition) is 7. The third-order valence-corrected chi connectivity index (χ3v) is 8.64. The highest BCUT2D eigenvalue weighted by molar-refractivity contribution is 7.11. The van der Waals surface area contributed by atoms with Crippen LogP contribution in [0, 0.1) is 18.6 Å². The van der Waals surface area contributed by atoms with Gasteiger partial charge in [-0.3, -0.25) is 9.59 Å². The summed E-state index contributed by atoms with van der Waals surface area (Å²) in [5.74, 6) is -2.14. The Morgan fingerprint density at radius 3 is 2.83 bits per heavy atom. The van der Waals surface area contributed by atoms with Crippen molar-refractivity contribution >= 4 is 46.0 Å². The van der Waals surface area contributed by atoms with Crippen LogP contribution in [0.15, 0.2) is 40.9 Å². The van der Waals surface area contributed by atoms with Crippen LogP contribution in [-0.2, 0) is 22.4 Å². The van der Waals surface area contributed by atoms with Gasteiger partial charge in [0.05, 0.1) is 18.9 Å². The van der Waals surface area contributed by atoms with Crippen molar-refractivity contribution in [2.75, 3.05) is 5.32 Å². The lowest BCUT2D eigenvalue weighted by Gasteiger charge is -2.30. The number of thiazole rings is 1. The zero-order valence-corrected chi connectivity index (χ0v) is 23.8. The largest absolute Gasteiger partial charge is 0.481 e. The molecule has 2 atom stereocenters. The van der Waals surface area contributed by atoms with Crippen LogP contribution in [0.5, 0.6) is 0 Å². The number of benzene rings is 2. The Kier molecular flexibility index (Phi) is 8.63. The monoisotopic (exact) mass is 582 g/mol. The van der Waals surface area contributed by atoms with E-state index < -0.39 is 17.6 Å². The Balaban J connectivity index is 1.37. The van der Waals surface area contributed by atoms with Gasteiger partial charge in [0.1, 0.15) is 16.3 Å². The van der Waals surface area contributed by atoms with Gasteiger partial charge in [-0.1, -0.05) is 31.9 Å². The molecule has 8 nitrogen and oxygen atoms in total. The van der Waals surface area contributed by atoms with Crippen LogP contribution in [0.4, 0.5) is 20.5 Å². The summed E-state index contributed by atoms with van der Waals surface area (Å²) in [4.78, 5) is 36.3. The number of aromatic nitrogens is 2. The number of aryl methyl sites for hydroxylation is 2. The van der Waals surface area contributed by atoms with Gasteiger partial charge in [0.15, 0.2) is 11.4 Å². The molecule has 0 spiro atoms. The average molecular weight is 583 g/mol. The number of carbonyl (C=O) groups is 2. The molecule has 0 radical (unpaired) electrons. The minimum atomic E-state index is -0.866. The summed E-state index contributed by atoms with van der Waals surface area (Å²) in [7, 11) is 0. The molecular formula is C30H32F2N4O4S. The summed E-state index contributed by atoms with van der Waals surface area (Å²) in [6, 6.07) is 7.26. The molecule has 0 aliphatic carbocycles. The molecule has 1 amide bonds. The highest BCUT2D eigenvalue weighted by Gasteiger charge is 2.39. The van der Waals surface area contributed by atoms with Gasteiger partial charge in [0.2, 0.25) is 5.91 Å². The smallest absolute Gasteiger partial charge is 0.303 e. The van der Waals surface area contributed by atoms with E-state index in [9.17, 15) is 14.0 Å². The molecule has 2 N–H and O–H groups in total. The average Bonchev–Trinajstić information content (AvgIpc) is 3.68. The molecule has 3 heterocycles. The van der Waals surface area contributed by atoms with Crippen molar-refractivity contribution < 1.29 is 27.9 Å². The van der Waals surface area contributed by atoms with Crippen molar-refractivity contribution in [3.05, 3.63) is 69.2 Å². The van der Waals surface area contributed by atoms with Gasteiger partial charge in [-0.2, -0.15) is 4.98 Å². The number of hydrogen-bond donors (Lipinski definition) is 2. The van der Waals surface area contributed by atoms with E-state index in [-0.39, 0.29) is 53.5 Å². The number of amides is 1. The molecule has 4 aromatic rings. The van der Waals surface area contributed by atoms with E-state index in [1.165, 1.54) is 23.5 Å². The second kappa shape index (κ2) is 12.3. The molecule has 0 bridgehead atoms. The third-order valence-electron chi connectivity index (χ3n) is 7.48. The second-order valence-electron chi connectivity index (χ2n) is 10.4. The van der Waals surface area contributed by atoms with Gasteiger partial charge < -0.3 is 19.7 Å². The van der Waals surface area contributed by atoms with Crippen LogP contribution in [0.25, 0.3) is 11.1 Å². The first-order chi connectivity index (χ1) is 19.7. The minimum Gasteiger partial charge on any atom is -0.481 e. The Hall–Kier alpha value is -3.86. The lowest BCUT2D eigenvalue weighted by atomic mass is 10.1. The first-order valence-electron chi connectivity index (χ1n) is 13.8. The van der Waals surface area contributed by atoms with E-state index in [1.807, 2.05) is 4.90 Å². The topological polar surface area (TPSA) is 109 Å². The second-order valence-corrected chi connectivity index (χ2v) is 11.6. The summed E-state index contributed by atoms with van der Waals surface area (Å²) < 4.78 is 35.0. The van der Waals surface area contributed by atoms with Crippen molar-refractivity contribution in [2.45, 2.75) is 77.3 Å². The maximum Gasteiger partial charge on any atom is 0.303 e. The molecule has 1 aliphatic heterocycles. The van der Waals surface area contributed by atoms with Crippen LogP contribution in [-0.4, -0.2) is 37.9 Å². The number of fused-ring (bicyclic) bond motifs is 1. The third kappa shape index (κ3) is 6.40. The number of halogens is 2. The van der Waals surface area contributed by atoms with Crippen LogP contribution in [0.1, 0.15) is 72.5 Å². The summed E-state index contributed by atoms with van der Waals surface area (Å²) in [5, 5.41) is 12.7. The predicted octanol–water partition coefficient (Wildman–Crippen LogP) is 7.10. The van der Waals surface area contributed by atoms with E-state index in [4.69, 9.17) is 9.52 Å². The molecule has 1 fully saturated rings. The Morgan fingerprint density at radius 2 is 2.05 bits per heavy atom.